The SMILES string of the molecule is Cn1c(N=C2C(=O)C3CCCCC3C2=O)cc2sc3c4sc(N=C5C(=O)C6CCCCC6C5=O)cc4n(C)c3c21. The third-order valence-corrected chi connectivity index (χ3v) is 12.0. The molecule has 4 saturated carbocycles. The van der Waals surface area contributed by atoms with Gasteiger partial charge in [-0.15, -0.1) is 22.7 Å². The average molecular weight is 573 g/mol. The highest BCUT2D eigenvalue weighted by Gasteiger charge is 2.48. The Hall–Kier alpha value is -3.24. The third kappa shape index (κ3) is 3.23. The lowest BCUT2D eigenvalue weighted by Crippen LogP contribution is -2.21. The molecule has 4 fully saturated rings. The molecule has 0 aliphatic heterocycles. The maximum absolute atomic E-state index is 13.0. The molecule has 0 aromatic carbocycles. The smallest absolute Gasteiger partial charge is 0.188 e. The van der Waals surface area contributed by atoms with Crippen molar-refractivity contribution < 1.29 is 19.2 Å². The number of Topliss-reactive ketones (excluding diaryl/α,β-unsaturated/α-hetero) is 4. The summed E-state index contributed by atoms with van der Waals surface area (Å²) in [7, 11) is 3.94. The highest BCUT2D eigenvalue weighted by Crippen LogP contribution is 2.48. The Kier molecular flexibility index (Phi) is 5.30. The molecule has 10 heteroatoms. The summed E-state index contributed by atoms with van der Waals surface area (Å²) >= 11 is 3.16. The van der Waals surface area contributed by atoms with E-state index in [1.807, 2.05) is 30.8 Å². The molecule has 4 atom stereocenters. The van der Waals surface area contributed by atoms with Crippen molar-refractivity contribution in [1.82, 2.24) is 9.13 Å². The molecule has 0 N–H and O–H groups in total. The van der Waals surface area contributed by atoms with E-state index in [0.717, 1.165) is 82.0 Å². The van der Waals surface area contributed by atoms with Gasteiger partial charge in [-0.3, -0.25) is 19.2 Å². The van der Waals surface area contributed by atoms with Crippen molar-refractivity contribution in [3.05, 3.63) is 12.1 Å². The number of aromatic nitrogens is 2. The number of fused-ring (bicyclic) bond motifs is 7. The van der Waals surface area contributed by atoms with Gasteiger partial charge in [0.25, 0.3) is 0 Å². The van der Waals surface area contributed by atoms with Crippen LogP contribution in [0.2, 0.25) is 0 Å². The van der Waals surface area contributed by atoms with E-state index < -0.39 is 0 Å². The van der Waals surface area contributed by atoms with Gasteiger partial charge in [-0.1, -0.05) is 25.7 Å². The minimum Gasteiger partial charge on any atom is -0.340 e. The summed E-state index contributed by atoms with van der Waals surface area (Å²) < 4.78 is 7.33. The molecule has 0 saturated heterocycles. The molecule has 204 valence electrons. The predicted molar refractivity (Wildman–Crippen MR) is 158 cm³/mol. The van der Waals surface area contributed by atoms with Gasteiger partial charge in [-0.05, 0) is 31.7 Å². The van der Waals surface area contributed by atoms with E-state index in [1.165, 1.54) is 11.3 Å². The van der Waals surface area contributed by atoms with Crippen LogP contribution in [0.15, 0.2) is 22.1 Å². The van der Waals surface area contributed by atoms with E-state index in [9.17, 15) is 19.2 Å². The molecule has 4 aromatic heterocycles. The molecule has 4 aliphatic carbocycles. The van der Waals surface area contributed by atoms with Gasteiger partial charge < -0.3 is 9.13 Å². The lowest BCUT2D eigenvalue weighted by molar-refractivity contribution is -0.120. The van der Waals surface area contributed by atoms with Gasteiger partial charge in [0.05, 0.1) is 30.6 Å². The molecule has 0 amide bonds. The number of rotatable bonds is 2. The first-order valence-electron chi connectivity index (χ1n) is 14.2. The first kappa shape index (κ1) is 24.5. The number of thiophene rings is 2. The van der Waals surface area contributed by atoms with Gasteiger partial charge in [-0.25, -0.2) is 9.98 Å². The van der Waals surface area contributed by atoms with Gasteiger partial charge in [0.1, 0.15) is 10.8 Å². The summed E-state index contributed by atoms with van der Waals surface area (Å²) in [6.07, 6.45) is 7.16. The summed E-state index contributed by atoms with van der Waals surface area (Å²) in [6.45, 7) is 0. The van der Waals surface area contributed by atoms with Crippen molar-refractivity contribution in [2.75, 3.05) is 0 Å². The number of aliphatic imine (C=N–C) groups is 2. The van der Waals surface area contributed by atoms with E-state index in [-0.39, 0.29) is 58.2 Å². The Morgan fingerprint density at radius 2 is 1.18 bits per heavy atom. The second kappa shape index (κ2) is 8.63. The topological polar surface area (TPSA) is 103 Å². The van der Waals surface area contributed by atoms with Crippen molar-refractivity contribution in [2.24, 2.45) is 47.8 Å². The molecule has 8 nitrogen and oxygen atoms in total. The maximum Gasteiger partial charge on any atom is 0.188 e. The standard InChI is InChI=1S/C30H28N4O4S2/c1-33-17-11-20(32-22-27(37)15-9-5-6-10-16(15)28(22)38)40-29(17)30-24(33)23-18(39-30)12-19(34(23)2)31-21-25(35)13-7-3-4-8-14(13)26(21)36/h11-16H,3-10H2,1-2H3. The molecule has 0 bridgehead atoms. The molecular formula is C30H28N4O4S2. The van der Waals surface area contributed by atoms with Gasteiger partial charge >= 0.3 is 0 Å². The third-order valence-electron chi connectivity index (χ3n) is 9.69. The zero-order chi connectivity index (χ0) is 27.4. The van der Waals surface area contributed by atoms with E-state index >= 15 is 0 Å². The van der Waals surface area contributed by atoms with Crippen LogP contribution in [0.25, 0.3) is 30.6 Å². The molecular weight excluding hydrogens is 544 g/mol. The quantitative estimate of drug-likeness (QED) is 0.294. The number of hydrogen-bond acceptors (Lipinski definition) is 8. The monoisotopic (exact) mass is 572 g/mol. The van der Waals surface area contributed by atoms with Crippen molar-refractivity contribution >= 4 is 98.7 Å². The lowest BCUT2D eigenvalue weighted by atomic mass is 9.81. The first-order chi connectivity index (χ1) is 19.3. The van der Waals surface area contributed by atoms with Crippen LogP contribution in [0.3, 0.4) is 0 Å². The zero-order valence-corrected chi connectivity index (χ0v) is 24.0. The van der Waals surface area contributed by atoms with Gasteiger partial charge in [-0.2, -0.15) is 0 Å². The summed E-state index contributed by atoms with van der Waals surface area (Å²) in [5.41, 5.74) is 3.33. The number of ketones is 4. The first-order valence-corrected chi connectivity index (χ1v) is 15.8. The zero-order valence-electron chi connectivity index (χ0n) is 22.4. The highest BCUT2D eigenvalue weighted by atomic mass is 32.1. The van der Waals surface area contributed by atoms with Crippen LogP contribution in [-0.4, -0.2) is 43.7 Å². The largest absolute Gasteiger partial charge is 0.340 e. The van der Waals surface area contributed by atoms with Gasteiger partial charge in [0.2, 0.25) is 0 Å². The Balaban J connectivity index is 1.19. The molecule has 4 aromatic rings. The molecule has 8 rings (SSSR count). The number of hydrogen-bond donors (Lipinski definition) is 0. The van der Waals surface area contributed by atoms with Crippen LogP contribution < -0.4 is 0 Å². The second-order valence-corrected chi connectivity index (χ2v) is 13.9. The normalized spacial score (nSPS) is 27.1. The van der Waals surface area contributed by atoms with Crippen LogP contribution in [0, 0.1) is 23.7 Å². The Morgan fingerprint density at radius 1 is 0.650 bits per heavy atom. The Bertz CT molecular complexity index is 1840. The van der Waals surface area contributed by atoms with Crippen molar-refractivity contribution in [3.8, 4) is 0 Å². The number of carbonyl (C=O) groups is 4. The van der Waals surface area contributed by atoms with Gasteiger partial charge in [0, 0.05) is 43.8 Å². The average Bonchev–Trinajstić information content (AvgIpc) is 3.76. The van der Waals surface area contributed by atoms with Crippen molar-refractivity contribution in [1.29, 1.82) is 0 Å². The molecule has 4 aliphatic rings. The van der Waals surface area contributed by atoms with Crippen LogP contribution in [0.1, 0.15) is 51.4 Å². The maximum atomic E-state index is 13.0. The number of nitrogens with zero attached hydrogens (tertiary/aromatic N) is 4. The van der Waals surface area contributed by atoms with Crippen LogP contribution in [-0.2, 0) is 33.3 Å². The fourth-order valence-electron chi connectivity index (χ4n) is 7.62. The van der Waals surface area contributed by atoms with E-state index in [4.69, 9.17) is 0 Å². The predicted octanol–water partition coefficient (Wildman–Crippen LogP) is 6.01. The highest BCUT2D eigenvalue weighted by molar-refractivity contribution is 7.32. The molecule has 4 heterocycles. The second-order valence-electron chi connectivity index (χ2n) is 11.8. The van der Waals surface area contributed by atoms with E-state index in [0.29, 0.717) is 10.8 Å². The van der Waals surface area contributed by atoms with E-state index in [1.54, 1.807) is 11.3 Å². The molecule has 0 radical (unpaired) electrons. The van der Waals surface area contributed by atoms with Gasteiger partial charge in [0.15, 0.2) is 34.6 Å². The summed E-state index contributed by atoms with van der Waals surface area (Å²) in [5, 5.41) is 0.683. The van der Waals surface area contributed by atoms with E-state index in [2.05, 4.69) is 14.6 Å². The minimum atomic E-state index is -0.190. The Labute approximate surface area is 237 Å². The summed E-state index contributed by atoms with van der Waals surface area (Å²) in [4.78, 5) is 61.3. The number of aryl methyl sites for hydroxylation is 2. The van der Waals surface area contributed by atoms with Crippen molar-refractivity contribution in [2.45, 2.75) is 51.4 Å². The molecule has 0 spiro atoms. The van der Waals surface area contributed by atoms with Crippen LogP contribution in [0.4, 0.5) is 10.8 Å². The summed E-state index contributed by atoms with van der Waals surface area (Å²) in [6, 6.07) is 3.93. The lowest BCUT2D eigenvalue weighted by Gasteiger charge is -2.20. The summed E-state index contributed by atoms with van der Waals surface area (Å²) in [5.74, 6) is -0.448. The van der Waals surface area contributed by atoms with Crippen LogP contribution >= 0.6 is 22.7 Å². The van der Waals surface area contributed by atoms with Crippen molar-refractivity contribution in [3.63, 3.8) is 0 Å². The Morgan fingerprint density at radius 3 is 1.73 bits per heavy atom. The fraction of sp³-hybridized carbons (Fsp3) is 0.467. The van der Waals surface area contributed by atoms with Crippen LogP contribution in [0.5, 0.6) is 0 Å². The minimum absolute atomic E-state index is 0.0770. The fourth-order valence-corrected chi connectivity index (χ4v) is 10.1. The number of carbonyl (C=O) groups excluding carboxylic acids is 4. The molecule has 40 heavy (non-hydrogen) atoms. The molecule has 4 unspecified atom stereocenters.